The fraction of sp³-hybridized carbons (Fsp3) is 0.381. The average Bonchev–Trinajstić information content (AvgIpc) is 2.78. The van der Waals surface area contributed by atoms with Crippen molar-refractivity contribution in [3.8, 4) is 17.2 Å². The third-order valence-electron chi connectivity index (χ3n) is 5.15. The summed E-state index contributed by atoms with van der Waals surface area (Å²) in [5.74, 6) is 1.02. The zero-order valence-corrected chi connectivity index (χ0v) is 17.6. The summed E-state index contributed by atoms with van der Waals surface area (Å²) < 4.78 is 41.6. The highest BCUT2D eigenvalue weighted by Gasteiger charge is 2.33. The number of rotatable bonds is 6. The molecule has 0 radical (unpaired) electrons. The van der Waals surface area contributed by atoms with Crippen LogP contribution >= 0.6 is 0 Å². The number of amides is 1. The Morgan fingerprint density at radius 3 is 1.97 bits per heavy atom. The molecule has 0 aliphatic carbocycles. The van der Waals surface area contributed by atoms with Gasteiger partial charge in [-0.1, -0.05) is 18.2 Å². The summed E-state index contributed by atoms with van der Waals surface area (Å²) in [4.78, 5) is 15.0. The zero-order chi connectivity index (χ0) is 21.0. The number of hydrogen-bond acceptors (Lipinski definition) is 6. The van der Waals surface area contributed by atoms with E-state index in [-0.39, 0.29) is 5.91 Å². The van der Waals surface area contributed by atoms with E-state index in [1.807, 2.05) is 0 Å². The first-order valence-corrected chi connectivity index (χ1v) is 10.8. The Morgan fingerprint density at radius 2 is 1.48 bits per heavy atom. The molecule has 7 nitrogen and oxygen atoms in total. The molecular weight excluding hydrogens is 394 g/mol. The summed E-state index contributed by atoms with van der Waals surface area (Å²) in [6.07, 6.45) is 0.792. The molecule has 8 heteroatoms. The summed E-state index contributed by atoms with van der Waals surface area (Å²) in [5.41, 5.74) is 0.406. The van der Waals surface area contributed by atoms with Crippen molar-refractivity contribution in [2.75, 3.05) is 34.4 Å². The van der Waals surface area contributed by atoms with Crippen LogP contribution in [0.2, 0.25) is 0 Å². The Morgan fingerprint density at radius 1 is 0.931 bits per heavy atom. The lowest BCUT2D eigenvalue weighted by molar-refractivity contribution is 0.0725. The minimum Gasteiger partial charge on any atom is -0.493 e. The first-order valence-electron chi connectivity index (χ1n) is 9.30. The second-order valence-corrected chi connectivity index (χ2v) is 8.99. The van der Waals surface area contributed by atoms with E-state index in [1.54, 1.807) is 47.4 Å². The van der Waals surface area contributed by atoms with Crippen LogP contribution in [0.3, 0.4) is 0 Å². The summed E-state index contributed by atoms with van der Waals surface area (Å²) in [5, 5.41) is -0.492. The molecule has 3 rings (SSSR count). The van der Waals surface area contributed by atoms with Gasteiger partial charge in [-0.05, 0) is 37.1 Å². The fourth-order valence-electron chi connectivity index (χ4n) is 3.56. The van der Waals surface area contributed by atoms with Gasteiger partial charge in [-0.25, -0.2) is 8.42 Å². The Bertz CT molecular complexity index is 941. The van der Waals surface area contributed by atoms with Gasteiger partial charge in [-0.2, -0.15) is 0 Å². The summed E-state index contributed by atoms with van der Waals surface area (Å²) in [7, 11) is 1.08. The van der Waals surface area contributed by atoms with Gasteiger partial charge in [0.25, 0.3) is 5.91 Å². The van der Waals surface area contributed by atoms with E-state index in [0.717, 1.165) is 0 Å². The first-order chi connectivity index (χ1) is 13.9. The molecule has 1 saturated heterocycles. The minimum atomic E-state index is -3.40. The van der Waals surface area contributed by atoms with Gasteiger partial charge >= 0.3 is 0 Å². The van der Waals surface area contributed by atoms with Crippen LogP contribution in [-0.4, -0.2) is 58.9 Å². The van der Waals surface area contributed by atoms with Crippen molar-refractivity contribution in [2.45, 2.75) is 23.0 Å². The van der Waals surface area contributed by atoms with Crippen molar-refractivity contribution >= 4 is 15.7 Å². The number of likely N-dealkylation sites (tertiary alicyclic amines) is 1. The summed E-state index contributed by atoms with van der Waals surface area (Å²) in [6, 6.07) is 11.7. The van der Waals surface area contributed by atoms with E-state index in [9.17, 15) is 13.2 Å². The molecule has 0 bridgehead atoms. The lowest BCUT2D eigenvalue weighted by Gasteiger charge is -2.32. The van der Waals surface area contributed by atoms with Gasteiger partial charge in [-0.15, -0.1) is 0 Å². The Kier molecular flexibility index (Phi) is 6.32. The van der Waals surface area contributed by atoms with E-state index < -0.39 is 15.1 Å². The average molecular weight is 419 g/mol. The van der Waals surface area contributed by atoms with E-state index in [4.69, 9.17) is 14.2 Å². The molecule has 2 aromatic rings. The monoisotopic (exact) mass is 419 g/mol. The second-order valence-electron chi connectivity index (χ2n) is 6.76. The van der Waals surface area contributed by atoms with Crippen molar-refractivity contribution in [1.82, 2.24) is 4.90 Å². The third kappa shape index (κ3) is 4.17. The fourth-order valence-corrected chi connectivity index (χ4v) is 5.31. The quantitative estimate of drug-likeness (QED) is 0.716. The molecule has 1 aliphatic rings. The van der Waals surface area contributed by atoms with E-state index in [1.165, 1.54) is 21.3 Å². The standard InChI is InChI=1S/C21H25NO6S/c1-26-18-13-15(14-19(27-2)20(18)28-3)21(23)22-11-9-17(10-12-22)29(24,25)16-7-5-4-6-8-16/h4-8,13-14,17H,9-12H2,1-3H3. The Hall–Kier alpha value is -2.74. The molecule has 1 heterocycles. The van der Waals surface area contributed by atoms with Crippen LogP contribution in [-0.2, 0) is 9.84 Å². The van der Waals surface area contributed by atoms with Gasteiger partial charge in [0.1, 0.15) is 0 Å². The highest BCUT2D eigenvalue weighted by molar-refractivity contribution is 7.92. The molecule has 0 atom stereocenters. The van der Waals surface area contributed by atoms with E-state index in [0.29, 0.717) is 53.6 Å². The predicted octanol–water partition coefficient (Wildman–Crippen LogP) is 2.79. The van der Waals surface area contributed by atoms with Crippen molar-refractivity contribution in [1.29, 1.82) is 0 Å². The molecule has 0 N–H and O–H groups in total. The summed E-state index contributed by atoms with van der Waals surface area (Å²) >= 11 is 0. The largest absolute Gasteiger partial charge is 0.493 e. The van der Waals surface area contributed by atoms with Gasteiger partial charge < -0.3 is 19.1 Å². The van der Waals surface area contributed by atoms with Gasteiger partial charge in [0.2, 0.25) is 5.75 Å². The Labute approximate surface area is 171 Å². The molecule has 0 unspecified atom stereocenters. The van der Waals surface area contributed by atoms with Crippen molar-refractivity contribution < 1.29 is 27.4 Å². The van der Waals surface area contributed by atoms with Gasteiger partial charge in [-0.3, -0.25) is 4.79 Å². The molecule has 2 aromatic carbocycles. The minimum absolute atomic E-state index is 0.195. The zero-order valence-electron chi connectivity index (χ0n) is 16.8. The Balaban J connectivity index is 1.75. The smallest absolute Gasteiger partial charge is 0.254 e. The van der Waals surface area contributed by atoms with E-state index in [2.05, 4.69) is 0 Å². The topological polar surface area (TPSA) is 82.1 Å². The van der Waals surface area contributed by atoms with Crippen LogP contribution in [0.15, 0.2) is 47.4 Å². The number of methoxy groups -OCH3 is 3. The molecule has 1 aliphatic heterocycles. The molecule has 156 valence electrons. The van der Waals surface area contributed by atoms with Crippen molar-refractivity contribution in [3.63, 3.8) is 0 Å². The lowest BCUT2D eigenvalue weighted by Crippen LogP contribution is -2.42. The maximum atomic E-state index is 13.0. The van der Waals surface area contributed by atoms with Gasteiger partial charge in [0, 0.05) is 18.7 Å². The number of piperidine rings is 1. The molecular formula is C21H25NO6S. The third-order valence-corrected chi connectivity index (χ3v) is 7.43. The first kappa shape index (κ1) is 21.0. The number of sulfone groups is 1. The summed E-state index contributed by atoms with van der Waals surface area (Å²) in [6.45, 7) is 0.735. The number of carbonyl (C=O) groups excluding carboxylic acids is 1. The molecule has 1 fully saturated rings. The number of nitrogens with zero attached hydrogens (tertiary/aromatic N) is 1. The molecule has 0 aromatic heterocycles. The van der Waals surface area contributed by atoms with Crippen LogP contribution in [0.1, 0.15) is 23.2 Å². The highest BCUT2D eigenvalue weighted by Crippen LogP contribution is 2.38. The highest BCUT2D eigenvalue weighted by atomic mass is 32.2. The van der Waals surface area contributed by atoms with Crippen LogP contribution in [0, 0.1) is 0 Å². The van der Waals surface area contributed by atoms with Gasteiger partial charge in [0.15, 0.2) is 21.3 Å². The molecule has 0 saturated carbocycles. The van der Waals surface area contributed by atoms with Crippen LogP contribution < -0.4 is 14.2 Å². The second kappa shape index (κ2) is 8.73. The van der Waals surface area contributed by atoms with Crippen LogP contribution in [0.4, 0.5) is 0 Å². The maximum Gasteiger partial charge on any atom is 0.254 e. The number of hydrogen-bond donors (Lipinski definition) is 0. The van der Waals surface area contributed by atoms with Crippen molar-refractivity contribution in [2.24, 2.45) is 0 Å². The van der Waals surface area contributed by atoms with Crippen molar-refractivity contribution in [3.05, 3.63) is 48.0 Å². The lowest BCUT2D eigenvalue weighted by atomic mass is 10.1. The normalized spacial score (nSPS) is 15.1. The van der Waals surface area contributed by atoms with Crippen LogP contribution in [0.5, 0.6) is 17.2 Å². The maximum absolute atomic E-state index is 13.0. The SMILES string of the molecule is COc1cc(C(=O)N2CCC(S(=O)(=O)c3ccccc3)CC2)cc(OC)c1OC. The number of carbonyl (C=O) groups is 1. The van der Waals surface area contributed by atoms with Gasteiger partial charge in [0.05, 0.1) is 31.5 Å². The molecule has 0 spiro atoms. The number of benzene rings is 2. The predicted molar refractivity (Wildman–Crippen MR) is 109 cm³/mol. The van der Waals surface area contributed by atoms with Crippen LogP contribution in [0.25, 0.3) is 0 Å². The number of ether oxygens (including phenoxy) is 3. The molecule has 29 heavy (non-hydrogen) atoms. The van der Waals surface area contributed by atoms with E-state index >= 15 is 0 Å². The molecule has 1 amide bonds.